The number of aliphatic imine (C=N–C) groups is 1. The average molecular weight is 369 g/mol. The number of nitrogens with zero attached hydrogens (tertiary/aromatic N) is 3. The Labute approximate surface area is 148 Å². The SMILES string of the molecule is O=C(c1cccnc1Cl)N1CCN=C1Cc1ccc(Cl)c(Cl)c1. The van der Waals surface area contributed by atoms with E-state index in [1.54, 1.807) is 35.4 Å². The van der Waals surface area contributed by atoms with Gasteiger partial charge in [-0.1, -0.05) is 40.9 Å². The van der Waals surface area contributed by atoms with Crippen LogP contribution in [-0.2, 0) is 6.42 Å². The molecule has 0 unspecified atom stereocenters. The second-order valence-electron chi connectivity index (χ2n) is 5.02. The van der Waals surface area contributed by atoms with Gasteiger partial charge in [0.1, 0.15) is 11.0 Å². The number of halogens is 3. The molecule has 0 N–H and O–H groups in total. The quantitative estimate of drug-likeness (QED) is 0.764. The van der Waals surface area contributed by atoms with Crippen LogP contribution < -0.4 is 0 Å². The molecular weight excluding hydrogens is 357 g/mol. The van der Waals surface area contributed by atoms with E-state index in [0.29, 0.717) is 41.0 Å². The number of hydrogen-bond donors (Lipinski definition) is 0. The molecule has 0 radical (unpaired) electrons. The van der Waals surface area contributed by atoms with Crippen molar-refractivity contribution in [2.75, 3.05) is 13.1 Å². The van der Waals surface area contributed by atoms with E-state index in [0.717, 1.165) is 5.56 Å². The number of carbonyl (C=O) groups is 1. The van der Waals surface area contributed by atoms with Crippen LogP contribution >= 0.6 is 34.8 Å². The van der Waals surface area contributed by atoms with E-state index in [1.165, 1.54) is 0 Å². The molecule has 0 fully saturated rings. The monoisotopic (exact) mass is 367 g/mol. The van der Waals surface area contributed by atoms with Gasteiger partial charge in [-0.3, -0.25) is 14.7 Å². The van der Waals surface area contributed by atoms with Crippen molar-refractivity contribution in [2.45, 2.75) is 6.42 Å². The molecule has 1 aliphatic rings. The molecule has 0 saturated carbocycles. The highest BCUT2D eigenvalue weighted by Crippen LogP contribution is 2.24. The molecule has 1 aromatic carbocycles. The van der Waals surface area contributed by atoms with Crippen molar-refractivity contribution in [3.8, 4) is 0 Å². The minimum absolute atomic E-state index is 0.193. The van der Waals surface area contributed by atoms with E-state index in [4.69, 9.17) is 34.8 Å². The summed E-state index contributed by atoms with van der Waals surface area (Å²) >= 11 is 18.0. The maximum Gasteiger partial charge on any atom is 0.262 e. The molecule has 0 atom stereocenters. The molecule has 1 aromatic heterocycles. The van der Waals surface area contributed by atoms with E-state index in [2.05, 4.69) is 9.98 Å². The van der Waals surface area contributed by atoms with Gasteiger partial charge in [-0.15, -0.1) is 0 Å². The second kappa shape index (κ2) is 6.87. The van der Waals surface area contributed by atoms with E-state index in [9.17, 15) is 4.79 Å². The molecule has 3 rings (SSSR count). The van der Waals surface area contributed by atoms with Crippen molar-refractivity contribution in [2.24, 2.45) is 4.99 Å². The molecule has 118 valence electrons. The molecular formula is C16H12Cl3N3O. The van der Waals surface area contributed by atoms with Crippen LogP contribution in [0.25, 0.3) is 0 Å². The van der Waals surface area contributed by atoms with Crippen LogP contribution in [-0.4, -0.2) is 34.7 Å². The zero-order chi connectivity index (χ0) is 16.4. The summed E-state index contributed by atoms with van der Waals surface area (Å²) in [5.41, 5.74) is 1.31. The van der Waals surface area contributed by atoms with Crippen LogP contribution in [0.1, 0.15) is 15.9 Å². The zero-order valence-electron chi connectivity index (χ0n) is 12.0. The zero-order valence-corrected chi connectivity index (χ0v) is 14.2. The van der Waals surface area contributed by atoms with Gasteiger partial charge in [0.25, 0.3) is 5.91 Å². The number of aromatic nitrogens is 1. The van der Waals surface area contributed by atoms with Crippen molar-refractivity contribution < 1.29 is 4.79 Å². The van der Waals surface area contributed by atoms with Crippen LogP contribution in [0.5, 0.6) is 0 Å². The highest BCUT2D eigenvalue weighted by Gasteiger charge is 2.26. The lowest BCUT2D eigenvalue weighted by molar-refractivity contribution is 0.0856. The topological polar surface area (TPSA) is 45.6 Å². The summed E-state index contributed by atoms with van der Waals surface area (Å²) < 4.78 is 0. The van der Waals surface area contributed by atoms with Crippen LogP contribution in [0, 0.1) is 0 Å². The number of amidine groups is 1. The van der Waals surface area contributed by atoms with Gasteiger partial charge in [0.2, 0.25) is 0 Å². The summed E-state index contributed by atoms with van der Waals surface area (Å²) in [5.74, 6) is 0.493. The fourth-order valence-corrected chi connectivity index (χ4v) is 2.91. The Morgan fingerprint density at radius 2 is 2.00 bits per heavy atom. The predicted octanol–water partition coefficient (Wildman–Crippen LogP) is 4.14. The fraction of sp³-hybridized carbons (Fsp3) is 0.188. The number of carbonyl (C=O) groups excluding carboxylic acids is 1. The van der Waals surface area contributed by atoms with Gasteiger partial charge < -0.3 is 0 Å². The molecule has 1 amide bonds. The first-order valence-corrected chi connectivity index (χ1v) is 8.09. The standard InChI is InChI=1S/C16H12Cl3N3O/c17-12-4-3-10(8-13(12)18)9-14-20-6-7-22(14)16(23)11-2-1-5-21-15(11)19/h1-5,8H,6-7,9H2. The normalized spacial score (nSPS) is 14.0. The Morgan fingerprint density at radius 1 is 1.17 bits per heavy atom. The molecule has 23 heavy (non-hydrogen) atoms. The summed E-state index contributed by atoms with van der Waals surface area (Å²) in [6.45, 7) is 1.10. The third kappa shape index (κ3) is 3.50. The lowest BCUT2D eigenvalue weighted by Gasteiger charge is -2.19. The Balaban J connectivity index is 1.81. The third-order valence-corrected chi connectivity index (χ3v) is 4.55. The minimum atomic E-state index is -0.195. The fourth-order valence-electron chi connectivity index (χ4n) is 2.39. The van der Waals surface area contributed by atoms with Crippen molar-refractivity contribution in [3.05, 3.63) is 62.9 Å². The summed E-state index contributed by atoms with van der Waals surface area (Å²) in [6, 6.07) is 8.73. The number of amides is 1. The minimum Gasteiger partial charge on any atom is -0.294 e. The van der Waals surface area contributed by atoms with Gasteiger partial charge in [-0.05, 0) is 29.8 Å². The lowest BCUT2D eigenvalue weighted by Crippen LogP contribution is -2.35. The molecule has 2 heterocycles. The van der Waals surface area contributed by atoms with Crippen LogP contribution in [0.2, 0.25) is 15.2 Å². The van der Waals surface area contributed by atoms with Crippen molar-refractivity contribution in [1.29, 1.82) is 0 Å². The third-order valence-electron chi connectivity index (χ3n) is 3.51. The second-order valence-corrected chi connectivity index (χ2v) is 6.19. The van der Waals surface area contributed by atoms with E-state index in [1.807, 2.05) is 6.07 Å². The van der Waals surface area contributed by atoms with Crippen LogP contribution in [0.4, 0.5) is 0 Å². The average Bonchev–Trinajstić information content (AvgIpc) is 2.99. The Hall–Kier alpha value is -1.62. The molecule has 0 spiro atoms. The molecule has 1 aliphatic heterocycles. The first-order chi connectivity index (χ1) is 11.1. The molecule has 4 nitrogen and oxygen atoms in total. The van der Waals surface area contributed by atoms with Gasteiger partial charge >= 0.3 is 0 Å². The van der Waals surface area contributed by atoms with Gasteiger partial charge in [-0.25, -0.2) is 4.98 Å². The highest BCUT2D eigenvalue weighted by atomic mass is 35.5. The molecule has 0 aliphatic carbocycles. The maximum absolute atomic E-state index is 12.7. The highest BCUT2D eigenvalue weighted by molar-refractivity contribution is 6.42. The van der Waals surface area contributed by atoms with E-state index >= 15 is 0 Å². The summed E-state index contributed by atoms with van der Waals surface area (Å²) in [5, 5.41) is 1.17. The Kier molecular flexibility index (Phi) is 4.85. The lowest BCUT2D eigenvalue weighted by atomic mass is 10.1. The molecule has 2 aromatic rings. The molecule has 7 heteroatoms. The van der Waals surface area contributed by atoms with E-state index < -0.39 is 0 Å². The predicted molar refractivity (Wildman–Crippen MR) is 92.8 cm³/mol. The van der Waals surface area contributed by atoms with Crippen LogP contribution in [0.15, 0.2) is 41.5 Å². The van der Waals surface area contributed by atoms with Crippen molar-refractivity contribution >= 4 is 46.5 Å². The van der Waals surface area contributed by atoms with Gasteiger partial charge in [0.05, 0.1) is 22.2 Å². The molecule has 0 bridgehead atoms. The largest absolute Gasteiger partial charge is 0.294 e. The smallest absolute Gasteiger partial charge is 0.262 e. The summed E-state index contributed by atoms with van der Waals surface area (Å²) in [4.78, 5) is 22.7. The number of hydrogen-bond acceptors (Lipinski definition) is 3. The summed E-state index contributed by atoms with van der Waals surface area (Å²) in [6.07, 6.45) is 2.05. The first kappa shape index (κ1) is 16.2. The number of rotatable bonds is 3. The first-order valence-electron chi connectivity index (χ1n) is 6.96. The van der Waals surface area contributed by atoms with Gasteiger partial charge in [-0.2, -0.15) is 0 Å². The number of benzene rings is 1. The number of pyridine rings is 1. The van der Waals surface area contributed by atoms with Gasteiger partial charge in [0.15, 0.2) is 0 Å². The van der Waals surface area contributed by atoms with Gasteiger partial charge in [0, 0.05) is 19.2 Å². The van der Waals surface area contributed by atoms with Crippen LogP contribution in [0.3, 0.4) is 0 Å². The Bertz CT molecular complexity index is 792. The van der Waals surface area contributed by atoms with E-state index in [-0.39, 0.29) is 11.1 Å². The van der Waals surface area contributed by atoms with Crippen molar-refractivity contribution in [3.63, 3.8) is 0 Å². The van der Waals surface area contributed by atoms with Crippen molar-refractivity contribution in [1.82, 2.24) is 9.88 Å². The molecule has 0 saturated heterocycles. The Morgan fingerprint density at radius 3 is 2.74 bits per heavy atom. The summed E-state index contributed by atoms with van der Waals surface area (Å²) in [7, 11) is 0. The maximum atomic E-state index is 12.7.